The number of rotatable bonds is 6. The fourth-order valence-corrected chi connectivity index (χ4v) is 3.34. The number of hydrogen-bond acceptors (Lipinski definition) is 3. The van der Waals surface area contributed by atoms with Gasteiger partial charge in [-0.2, -0.15) is 0 Å². The number of piperazine rings is 1. The number of ether oxygens (including phenoxy) is 1. The van der Waals surface area contributed by atoms with Crippen molar-refractivity contribution in [2.24, 2.45) is 0 Å². The zero-order valence-corrected chi connectivity index (χ0v) is 15.9. The molecule has 0 atom stereocenters. The number of nitrogens with one attached hydrogen (secondary N) is 2. The van der Waals surface area contributed by atoms with Crippen LogP contribution in [-0.2, 0) is 4.79 Å². The van der Waals surface area contributed by atoms with Crippen LogP contribution in [0, 0.1) is 12.7 Å². The number of anilines is 2. The number of quaternary nitrogens is 1. The van der Waals surface area contributed by atoms with E-state index in [1.807, 2.05) is 25.1 Å². The minimum atomic E-state index is -0.304. The standard InChI is InChI=1S/C21H26FN3O2/c1-3-27-20-7-5-4-6-19(20)25-12-10-24(11-13-25)15-21(26)23-17-9-8-16(2)18(22)14-17/h4-9,14H,3,10-13,15H2,1-2H3,(H,23,26)/p+1. The zero-order chi connectivity index (χ0) is 19.2. The third-order valence-electron chi connectivity index (χ3n) is 4.84. The van der Waals surface area contributed by atoms with Crippen LogP contribution in [0.4, 0.5) is 15.8 Å². The summed E-state index contributed by atoms with van der Waals surface area (Å²) in [4.78, 5) is 15.8. The van der Waals surface area contributed by atoms with Gasteiger partial charge in [-0.05, 0) is 43.7 Å². The van der Waals surface area contributed by atoms with Crippen molar-refractivity contribution in [3.8, 4) is 5.75 Å². The first-order valence-corrected chi connectivity index (χ1v) is 9.43. The molecule has 0 aliphatic carbocycles. The summed E-state index contributed by atoms with van der Waals surface area (Å²) < 4.78 is 19.3. The Kier molecular flexibility index (Phi) is 6.29. The first kappa shape index (κ1) is 19.2. The molecule has 0 radical (unpaired) electrons. The van der Waals surface area contributed by atoms with E-state index in [2.05, 4.69) is 16.3 Å². The van der Waals surface area contributed by atoms with E-state index in [9.17, 15) is 9.18 Å². The summed E-state index contributed by atoms with van der Waals surface area (Å²) in [6.07, 6.45) is 0. The summed E-state index contributed by atoms with van der Waals surface area (Å²) in [5.74, 6) is 0.515. The highest BCUT2D eigenvalue weighted by molar-refractivity contribution is 5.91. The predicted octanol–water partition coefficient (Wildman–Crippen LogP) is 1.88. The monoisotopic (exact) mass is 372 g/mol. The van der Waals surface area contributed by atoms with Gasteiger partial charge in [0.15, 0.2) is 6.54 Å². The highest BCUT2D eigenvalue weighted by atomic mass is 19.1. The van der Waals surface area contributed by atoms with Crippen LogP contribution in [0.2, 0.25) is 0 Å². The summed E-state index contributed by atoms with van der Waals surface area (Å²) in [5, 5.41) is 2.79. The second-order valence-corrected chi connectivity index (χ2v) is 6.83. The lowest BCUT2D eigenvalue weighted by Crippen LogP contribution is -3.15. The first-order chi connectivity index (χ1) is 13.1. The third-order valence-corrected chi connectivity index (χ3v) is 4.84. The molecule has 1 heterocycles. The second-order valence-electron chi connectivity index (χ2n) is 6.83. The zero-order valence-electron chi connectivity index (χ0n) is 15.9. The van der Waals surface area contributed by atoms with Crippen molar-refractivity contribution in [1.82, 2.24) is 0 Å². The van der Waals surface area contributed by atoms with Crippen molar-refractivity contribution in [3.05, 3.63) is 53.8 Å². The van der Waals surface area contributed by atoms with Crippen molar-refractivity contribution < 1.29 is 18.8 Å². The van der Waals surface area contributed by atoms with Crippen LogP contribution in [-0.4, -0.2) is 45.2 Å². The number of hydrogen-bond donors (Lipinski definition) is 2. The van der Waals surface area contributed by atoms with Crippen molar-refractivity contribution in [3.63, 3.8) is 0 Å². The van der Waals surface area contributed by atoms with E-state index in [0.717, 1.165) is 37.6 Å². The number of para-hydroxylation sites is 2. The molecule has 0 spiro atoms. The quantitative estimate of drug-likeness (QED) is 0.814. The summed E-state index contributed by atoms with van der Waals surface area (Å²) in [6.45, 7) is 8.19. The van der Waals surface area contributed by atoms with Gasteiger partial charge >= 0.3 is 0 Å². The van der Waals surface area contributed by atoms with E-state index in [1.165, 1.54) is 11.0 Å². The normalized spacial score (nSPS) is 14.9. The van der Waals surface area contributed by atoms with Gasteiger partial charge in [-0.25, -0.2) is 4.39 Å². The topological polar surface area (TPSA) is 46.0 Å². The number of amides is 1. The van der Waals surface area contributed by atoms with Gasteiger partial charge < -0.3 is 19.9 Å². The molecule has 2 aromatic carbocycles. The molecular formula is C21H27FN3O2+. The Morgan fingerprint density at radius 2 is 1.96 bits per heavy atom. The number of benzene rings is 2. The maximum atomic E-state index is 13.6. The molecule has 0 bridgehead atoms. The smallest absolute Gasteiger partial charge is 0.279 e. The molecule has 144 valence electrons. The average molecular weight is 372 g/mol. The Labute approximate surface area is 159 Å². The van der Waals surface area contributed by atoms with Crippen LogP contribution in [0.3, 0.4) is 0 Å². The number of halogens is 1. The third kappa shape index (κ3) is 4.98. The number of carbonyl (C=O) groups excluding carboxylic acids is 1. The molecule has 1 amide bonds. The molecular weight excluding hydrogens is 345 g/mol. The molecule has 2 aromatic rings. The van der Waals surface area contributed by atoms with Crippen LogP contribution in [0.25, 0.3) is 0 Å². The van der Waals surface area contributed by atoms with E-state index in [4.69, 9.17) is 4.74 Å². The van der Waals surface area contributed by atoms with Gasteiger partial charge in [-0.15, -0.1) is 0 Å². The lowest BCUT2D eigenvalue weighted by atomic mass is 10.2. The number of carbonyl (C=O) groups is 1. The summed E-state index contributed by atoms with van der Waals surface area (Å²) in [7, 11) is 0. The van der Waals surface area contributed by atoms with Crippen LogP contribution < -0.4 is 19.9 Å². The average Bonchev–Trinajstić information content (AvgIpc) is 2.66. The molecule has 0 saturated carbocycles. The molecule has 3 rings (SSSR count). The Hall–Kier alpha value is -2.60. The van der Waals surface area contributed by atoms with Gasteiger partial charge in [-0.1, -0.05) is 18.2 Å². The Balaban J connectivity index is 1.52. The maximum Gasteiger partial charge on any atom is 0.279 e. The molecule has 1 fully saturated rings. The second kappa shape index (κ2) is 8.86. The first-order valence-electron chi connectivity index (χ1n) is 9.43. The fraction of sp³-hybridized carbons (Fsp3) is 0.381. The van der Waals surface area contributed by atoms with E-state index < -0.39 is 0 Å². The lowest BCUT2D eigenvalue weighted by Gasteiger charge is -2.34. The summed E-state index contributed by atoms with van der Waals surface area (Å²) >= 11 is 0. The SMILES string of the molecule is CCOc1ccccc1N1CC[NH+](CC(=O)Nc2ccc(C)c(F)c2)CC1. The van der Waals surface area contributed by atoms with Crippen LogP contribution >= 0.6 is 0 Å². The minimum Gasteiger partial charge on any atom is -0.492 e. The summed E-state index contributed by atoms with van der Waals surface area (Å²) in [6, 6.07) is 12.8. The molecule has 0 aromatic heterocycles. The van der Waals surface area contributed by atoms with Crippen molar-refractivity contribution >= 4 is 17.3 Å². The van der Waals surface area contributed by atoms with E-state index >= 15 is 0 Å². The molecule has 27 heavy (non-hydrogen) atoms. The highest BCUT2D eigenvalue weighted by Gasteiger charge is 2.24. The molecule has 6 heteroatoms. The maximum absolute atomic E-state index is 13.6. The molecule has 1 saturated heterocycles. The van der Waals surface area contributed by atoms with Gasteiger partial charge in [0.2, 0.25) is 0 Å². The van der Waals surface area contributed by atoms with E-state index in [0.29, 0.717) is 24.4 Å². The highest BCUT2D eigenvalue weighted by Crippen LogP contribution is 2.27. The lowest BCUT2D eigenvalue weighted by molar-refractivity contribution is -0.892. The van der Waals surface area contributed by atoms with Gasteiger partial charge in [0, 0.05) is 5.69 Å². The molecule has 5 nitrogen and oxygen atoms in total. The van der Waals surface area contributed by atoms with Crippen molar-refractivity contribution in [1.29, 1.82) is 0 Å². The predicted molar refractivity (Wildman–Crippen MR) is 105 cm³/mol. The van der Waals surface area contributed by atoms with Gasteiger partial charge in [0.25, 0.3) is 5.91 Å². The van der Waals surface area contributed by atoms with Crippen molar-refractivity contribution in [2.75, 3.05) is 49.5 Å². The molecule has 1 aliphatic heterocycles. The van der Waals surface area contributed by atoms with Gasteiger partial charge in [-0.3, -0.25) is 4.79 Å². The fourth-order valence-electron chi connectivity index (χ4n) is 3.34. The number of nitrogens with zero attached hydrogens (tertiary/aromatic N) is 1. The van der Waals surface area contributed by atoms with Crippen molar-refractivity contribution in [2.45, 2.75) is 13.8 Å². The Bertz CT molecular complexity index is 789. The Morgan fingerprint density at radius 1 is 1.22 bits per heavy atom. The summed E-state index contributed by atoms with van der Waals surface area (Å²) in [5.41, 5.74) is 2.19. The Morgan fingerprint density at radius 3 is 2.67 bits per heavy atom. The van der Waals surface area contributed by atoms with Gasteiger partial charge in [0.05, 0.1) is 38.5 Å². The largest absolute Gasteiger partial charge is 0.492 e. The molecule has 1 aliphatic rings. The minimum absolute atomic E-state index is 0.0866. The number of aryl methyl sites for hydroxylation is 1. The van der Waals surface area contributed by atoms with Crippen LogP contribution in [0.1, 0.15) is 12.5 Å². The molecule has 0 unspecified atom stereocenters. The van der Waals surface area contributed by atoms with Crippen LogP contribution in [0.15, 0.2) is 42.5 Å². The molecule has 2 N–H and O–H groups in total. The van der Waals surface area contributed by atoms with Crippen LogP contribution in [0.5, 0.6) is 5.75 Å². The van der Waals surface area contributed by atoms with E-state index in [-0.39, 0.29) is 11.7 Å². The van der Waals surface area contributed by atoms with E-state index in [1.54, 1.807) is 19.1 Å². The van der Waals surface area contributed by atoms with Gasteiger partial charge in [0.1, 0.15) is 11.6 Å².